The molecule has 0 aliphatic carbocycles. The van der Waals surface area contributed by atoms with Gasteiger partial charge in [-0.3, -0.25) is 4.79 Å². The molecule has 0 fully saturated rings. The van der Waals surface area contributed by atoms with Crippen LogP contribution in [0.25, 0.3) is 0 Å². The van der Waals surface area contributed by atoms with Crippen LogP contribution in [0.15, 0.2) is 12.1 Å². The molecule has 1 aromatic carbocycles. The SMILES string of the molecule is Bc1cc(C=O)c(O)c(C(=O)O)c1. The van der Waals surface area contributed by atoms with Crippen LogP contribution < -0.4 is 5.46 Å². The second-order valence-electron chi connectivity index (χ2n) is 2.67. The van der Waals surface area contributed by atoms with E-state index in [9.17, 15) is 14.7 Å². The number of carboxylic acids is 1. The molecular weight excluding hydrogens is 171 g/mol. The molecule has 1 aromatic rings. The summed E-state index contributed by atoms with van der Waals surface area (Å²) in [7, 11) is 1.65. The Morgan fingerprint density at radius 2 is 2.08 bits per heavy atom. The number of rotatable bonds is 2. The third kappa shape index (κ3) is 1.69. The maximum atomic E-state index is 10.6. The van der Waals surface area contributed by atoms with Gasteiger partial charge in [0, 0.05) is 0 Å². The van der Waals surface area contributed by atoms with Crippen LogP contribution in [-0.2, 0) is 0 Å². The van der Waals surface area contributed by atoms with Crippen molar-refractivity contribution in [2.45, 2.75) is 0 Å². The highest BCUT2D eigenvalue weighted by Crippen LogP contribution is 2.19. The van der Waals surface area contributed by atoms with Crippen molar-refractivity contribution < 1.29 is 19.8 Å². The lowest BCUT2D eigenvalue weighted by Gasteiger charge is -2.03. The fraction of sp³-hybridized carbons (Fsp3) is 0. The van der Waals surface area contributed by atoms with Crippen molar-refractivity contribution in [2.75, 3.05) is 0 Å². The summed E-state index contributed by atoms with van der Waals surface area (Å²) in [5, 5.41) is 17.9. The van der Waals surface area contributed by atoms with Crippen LogP contribution in [0.4, 0.5) is 0 Å². The van der Waals surface area contributed by atoms with E-state index >= 15 is 0 Å². The number of hydrogen-bond donors (Lipinski definition) is 2. The molecule has 0 bridgehead atoms. The number of carboxylic acid groups (broad SMARTS) is 1. The van der Waals surface area contributed by atoms with Gasteiger partial charge in [-0.15, -0.1) is 0 Å². The van der Waals surface area contributed by atoms with Crippen LogP contribution in [0.1, 0.15) is 20.7 Å². The number of aldehydes is 1. The molecule has 0 unspecified atom stereocenters. The Bertz CT molecular complexity index is 373. The first-order chi connectivity index (χ1) is 6.06. The summed E-state index contributed by atoms with van der Waals surface area (Å²) in [4.78, 5) is 21.0. The molecule has 13 heavy (non-hydrogen) atoms. The van der Waals surface area contributed by atoms with Crippen molar-refractivity contribution in [3.8, 4) is 5.75 Å². The van der Waals surface area contributed by atoms with Crippen LogP contribution in [-0.4, -0.2) is 30.3 Å². The van der Waals surface area contributed by atoms with Gasteiger partial charge in [-0.2, -0.15) is 0 Å². The molecule has 1 rings (SSSR count). The zero-order valence-electron chi connectivity index (χ0n) is 6.94. The van der Waals surface area contributed by atoms with E-state index in [-0.39, 0.29) is 11.1 Å². The van der Waals surface area contributed by atoms with Crippen molar-refractivity contribution in [3.05, 3.63) is 23.3 Å². The van der Waals surface area contributed by atoms with Gasteiger partial charge in [0.1, 0.15) is 19.2 Å². The topological polar surface area (TPSA) is 74.6 Å². The van der Waals surface area contributed by atoms with E-state index in [1.807, 2.05) is 0 Å². The van der Waals surface area contributed by atoms with E-state index in [1.54, 1.807) is 7.85 Å². The zero-order valence-corrected chi connectivity index (χ0v) is 6.94. The minimum Gasteiger partial charge on any atom is -0.506 e. The van der Waals surface area contributed by atoms with Gasteiger partial charge in [0.05, 0.1) is 5.56 Å². The van der Waals surface area contributed by atoms with E-state index < -0.39 is 11.7 Å². The van der Waals surface area contributed by atoms with Gasteiger partial charge in [-0.1, -0.05) is 17.6 Å². The molecule has 0 aliphatic rings. The summed E-state index contributed by atoms with van der Waals surface area (Å²) in [5.74, 6) is -1.72. The van der Waals surface area contributed by atoms with Gasteiger partial charge in [0.25, 0.3) is 0 Å². The van der Waals surface area contributed by atoms with E-state index in [0.29, 0.717) is 11.7 Å². The van der Waals surface area contributed by atoms with Crippen molar-refractivity contribution in [3.63, 3.8) is 0 Å². The van der Waals surface area contributed by atoms with Crippen LogP contribution in [0, 0.1) is 0 Å². The first-order valence-electron chi connectivity index (χ1n) is 3.58. The monoisotopic (exact) mass is 178 g/mol. The third-order valence-corrected chi connectivity index (χ3v) is 1.64. The quantitative estimate of drug-likeness (QED) is 0.457. The number of hydrogen-bond acceptors (Lipinski definition) is 3. The maximum absolute atomic E-state index is 10.6. The maximum Gasteiger partial charge on any atom is 0.339 e. The normalized spacial score (nSPS) is 9.54. The first kappa shape index (κ1) is 9.31. The molecule has 2 N–H and O–H groups in total. The van der Waals surface area contributed by atoms with Crippen molar-refractivity contribution >= 4 is 25.6 Å². The number of carbonyl (C=O) groups is 2. The highest BCUT2D eigenvalue weighted by atomic mass is 16.4. The third-order valence-electron chi connectivity index (χ3n) is 1.64. The van der Waals surface area contributed by atoms with Crippen molar-refractivity contribution in [2.24, 2.45) is 0 Å². The molecule has 0 atom stereocenters. The Morgan fingerprint density at radius 3 is 2.54 bits per heavy atom. The minimum atomic E-state index is -1.25. The lowest BCUT2D eigenvalue weighted by Crippen LogP contribution is -2.09. The number of phenols is 1. The number of aromatic hydroxyl groups is 1. The molecule has 66 valence electrons. The van der Waals surface area contributed by atoms with Gasteiger partial charge >= 0.3 is 5.97 Å². The summed E-state index contributed by atoms with van der Waals surface area (Å²) in [5.41, 5.74) is 0.372. The standard InChI is InChI=1S/C8H7BO4/c9-5-1-4(3-10)7(11)6(2-5)8(12)13/h1-3,11H,9H2,(H,12,13). The lowest BCUT2D eigenvalue weighted by molar-refractivity contribution is 0.0694. The first-order valence-corrected chi connectivity index (χ1v) is 3.58. The molecule has 0 aromatic heterocycles. The van der Waals surface area contributed by atoms with Gasteiger partial charge in [-0.05, 0) is 0 Å². The smallest absolute Gasteiger partial charge is 0.339 e. The van der Waals surface area contributed by atoms with Gasteiger partial charge in [0.2, 0.25) is 0 Å². The van der Waals surface area contributed by atoms with Crippen molar-refractivity contribution in [1.82, 2.24) is 0 Å². The van der Waals surface area contributed by atoms with E-state index in [1.165, 1.54) is 12.1 Å². The molecule has 0 saturated heterocycles. The summed E-state index contributed by atoms with van der Waals surface area (Å²) in [6.07, 6.45) is 0.425. The molecule has 5 heteroatoms. The molecule has 0 heterocycles. The van der Waals surface area contributed by atoms with E-state index in [2.05, 4.69) is 0 Å². The fourth-order valence-corrected chi connectivity index (χ4v) is 1.06. The van der Waals surface area contributed by atoms with Gasteiger partial charge in [0.15, 0.2) is 6.29 Å². The highest BCUT2D eigenvalue weighted by molar-refractivity contribution is 6.33. The summed E-state index contributed by atoms with van der Waals surface area (Å²) in [6, 6.07) is 2.74. The van der Waals surface area contributed by atoms with E-state index in [0.717, 1.165) is 0 Å². The average Bonchev–Trinajstić information content (AvgIpc) is 2.08. The second-order valence-corrected chi connectivity index (χ2v) is 2.67. The van der Waals surface area contributed by atoms with Crippen LogP contribution in [0.3, 0.4) is 0 Å². The highest BCUT2D eigenvalue weighted by Gasteiger charge is 2.13. The summed E-state index contributed by atoms with van der Waals surface area (Å²) >= 11 is 0. The minimum absolute atomic E-state index is 0.00241. The van der Waals surface area contributed by atoms with E-state index in [4.69, 9.17) is 5.11 Å². The molecule has 0 saturated carbocycles. The molecule has 0 radical (unpaired) electrons. The Kier molecular flexibility index (Phi) is 2.37. The predicted molar refractivity (Wildman–Crippen MR) is 48.6 cm³/mol. The number of aromatic carboxylic acids is 1. The Balaban J connectivity index is 3.44. The summed E-state index contributed by atoms with van der Waals surface area (Å²) in [6.45, 7) is 0. The van der Waals surface area contributed by atoms with Crippen LogP contribution in [0.2, 0.25) is 0 Å². The number of carbonyl (C=O) groups excluding carboxylic acids is 1. The fourth-order valence-electron chi connectivity index (χ4n) is 1.06. The van der Waals surface area contributed by atoms with Crippen LogP contribution >= 0.6 is 0 Å². The molecule has 0 amide bonds. The molecule has 0 spiro atoms. The van der Waals surface area contributed by atoms with Gasteiger partial charge in [-0.25, -0.2) is 4.79 Å². The molecule has 0 aliphatic heterocycles. The molecule has 4 nitrogen and oxygen atoms in total. The lowest BCUT2D eigenvalue weighted by atomic mass is 9.91. The second kappa shape index (κ2) is 3.31. The predicted octanol–water partition coefficient (Wildman–Crippen LogP) is -0.839. The average molecular weight is 178 g/mol. The Hall–Kier alpha value is -1.78. The van der Waals surface area contributed by atoms with Gasteiger partial charge < -0.3 is 10.2 Å². The largest absolute Gasteiger partial charge is 0.506 e. The molecular formula is C8H7BO4. The zero-order chi connectivity index (χ0) is 10.0. The number of benzene rings is 1. The summed E-state index contributed by atoms with van der Waals surface area (Å²) < 4.78 is 0. The van der Waals surface area contributed by atoms with Crippen molar-refractivity contribution in [1.29, 1.82) is 0 Å². The van der Waals surface area contributed by atoms with Crippen LogP contribution in [0.5, 0.6) is 5.75 Å². The Morgan fingerprint density at radius 1 is 1.46 bits per heavy atom. The Labute approximate surface area is 75.2 Å².